The van der Waals surface area contributed by atoms with Crippen LogP contribution in [0.25, 0.3) is 22.0 Å². The Bertz CT molecular complexity index is 2810. The van der Waals surface area contributed by atoms with E-state index in [4.69, 9.17) is 4.98 Å². The number of sulfonamides is 1. The first kappa shape index (κ1) is 44.4. The third-order valence-electron chi connectivity index (χ3n) is 12.3. The lowest BCUT2D eigenvalue weighted by Gasteiger charge is -2.31. The van der Waals surface area contributed by atoms with Gasteiger partial charge < -0.3 is 10.0 Å². The lowest BCUT2D eigenvalue weighted by atomic mass is 9.86. The summed E-state index contributed by atoms with van der Waals surface area (Å²) >= 11 is 0. The minimum Gasteiger partial charge on any atom is -0.378 e. The number of aromatic nitrogens is 5. The molecule has 0 bridgehead atoms. The van der Waals surface area contributed by atoms with Crippen molar-refractivity contribution >= 4 is 26.7 Å². The maximum Gasteiger partial charge on any atom is 0.435 e. The van der Waals surface area contributed by atoms with Crippen LogP contribution in [-0.2, 0) is 52.7 Å². The fourth-order valence-electron chi connectivity index (χ4n) is 9.01. The average molecular weight is 900 g/mol. The van der Waals surface area contributed by atoms with Gasteiger partial charge in [0.15, 0.2) is 11.5 Å². The topological polar surface area (TPSA) is 126 Å². The van der Waals surface area contributed by atoms with Gasteiger partial charge in [-0.15, -0.1) is 0 Å². The Balaban J connectivity index is 1.24. The summed E-state index contributed by atoms with van der Waals surface area (Å²) < 4.78 is 135. The zero-order chi connectivity index (χ0) is 45.6. The Hall–Kier alpha value is -5.16. The van der Waals surface area contributed by atoms with Gasteiger partial charge in [0.2, 0.25) is 10.0 Å². The van der Waals surface area contributed by atoms with Crippen LogP contribution in [0.1, 0.15) is 85.0 Å². The van der Waals surface area contributed by atoms with E-state index in [-0.39, 0.29) is 35.5 Å². The van der Waals surface area contributed by atoms with E-state index in [0.717, 1.165) is 12.1 Å². The van der Waals surface area contributed by atoms with E-state index in [2.05, 4.69) is 22.0 Å². The van der Waals surface area contributed by atoms with Crippen LogP contribution in [0.2, 0.25) is 0 Å². The summed E-state index contributed by atoms with van der Waals surface area (Å²) in [7, 11) is -0.261. The van der Waals surface area contributed by atoms with Gasteiger partial charge in [0, 0.05) is 85.0 Å². The zero-order valence-electron chi connectivity index (χ0n) is 35.0. The molecule has 4 heterocycles. The Morgan fingerprint density at radius 1 is 0.984 bits per heavy atom. The van der Waals surface area contributed by atoms with Gasteiger partial charge in [-0.1, -0.05) is 31.0 Å². The van der Waals surface area contributed by atoms with Crippen molar-refractivity contribution in [2.75, 3.05) is 33.2 Å². The Morgan fingerprint density at radius 2 is 1.67 bits per heavy atom. The highest BCUT2D eigenvalue weighted by atomic mass is 32.2. The van der Waals surface area contributed by atoms with Gasteiger partial charge in [0.05, 0.1) is 16.9 Å². The number of carbonyl (C=O) groups excluding carboxylic acids is 1. The largest absolute Gasteiger partial charge is 0.435 e. The first-order valence-electron chi connectivity index (χ1n) is 20.3. The summed E-state index contributed by atoms with van der Waals surface area (Å²) in [5.74, 6) is -3.51. The molecule has 2 aliphatic carbocycles. The van der Waals surface area contributed by atoms with Gasteiger partial charge >= 0.3 is 6.18 Å². The number of hydrogen-bond acceptors (Lipinski definition) is 8. The van der Waals surface area contributed by atoms with E-state index in [1.165, 1.54) is 29.8 Å². The lowest BCUT2D eigenvalue weighted by molar-refractivity contribution is -0.142. The van der Waals surface area contributed by atoms with Crippen LogP contribution in [0.15, 0.2) is 48.5 Å². The molecule has 0 spiro atoms. The first-order chi connectivity index (χ1) is 29.4. The molecule has 11 nitrogen and oxygen atoms in total. The number of likely N-dealkylation sites (N-methyl/N-ethyl adjacent to an activating group) is 1. The standard InChI is InChI=1S/C44H44F7N7O4S/c1-41(2,60)12-11-29-9-10-31(32-7-6-8-33-35(53-56(5)38(32)33)24-63(61,62)57-15-13-55(4)14-16-57)37(52-29)26(17-25-18-27(45)21-28(46)19-25)20-30(59)23-58-40-36(39(54-58)44(49,50)51)34-22-42(34,3)43(40,47)48/h6-10,18-19,21,26,34,60H,13-17,20,22-24H2,1-5H3/t26-,34-,42-/m1/s1. The number of carbonyl (C=O) groups is 1. The Labute approximate surface area is 358 Å². The average Bonchev–Trinajstić information content (AvgIpc) is 3.49. The summed E-state index contributed by atoms with van der Waals surface area (Å²) in [6, 6.07) is 11.1. The molecule has 3 aromatic heterocycles. The van der Waals surface area contributed by atoms with Gasteiger partial charge in [-0.3, -0.25) is 14.2 Å². The molecule has 0 amide bonds. The lowest BCUT2D eigenvalue weighted by Crippen LogP contribution is -2.47. The normalized spacial score (nSPS) is 20.6. The SMILES string of the molecule is CN1CCN(S(=O)(=O)Cc2nn(C)c3c(-c4ccc(C#CC(C)(C)O)nc4[C@@H](CC(=O)Cn4nc(C(F)(F)F)c5c4C(F)(F)[C@]4(C)C[C@H]54)Cc4cc(F)cc(F)c4)cccc23)CC1. The maximum atomic E-state index is 15.9. The molecule has 63 heavy (non-hydrogen) atoms. The van der Waals surface area contributed by atoms with Crippen LogP contribution in [0.4, 0.5) is 30.7 Å². The molecule has 1 aliphatic heterocycles. The van der Waals surface area contributed by atoms with Gasteiger partial charge in [0.25, 0.3) is 5.92 Å². The maximum absolute atomic E-state index is 15.9. The van der Waals surface area contributed by atoms with Crippen molar-refractivity contribution < 1.29 is 49.1 Å². The molecule has 334 valence electrons. The number of para-hydroxylation sites is 1. The van der Waals surface area contributed by atoms with E-state index < -0.39 is 98.1 Å². The number of nitrogens with zero attached hydrogens (tertiary/aromatic N) is 7. The van der Waals surface area contributed by atoms with Crippen molar-refractivity contribution in [1.29, 1.82) is 0 Å². The zero-order valence-corrected chi connectivity index (χ0v) is 35.8. The monoisotopic (exact) mass is 899 g/mol. The predicted molar refractivity (Wildman–Crippen MR) is 218 cm³/mol. The molecule has 1 saturated heterocycles. The van der Waals surface area contributed by atoms with Crippen molar-refractivity contribution in [3.63, 3.8) is 0 Å². The van der Waals surface area contributed by atoms with Crippen molar-refractivity contribution in [3.8, 4) is 23.0 Å². The highest BCUT2D eigenvalue weighted by Crippen LogP contribution is 2.77. The molecule has 2 aromatic carbocycles. The molecule has 1 N–H and O–H groups in total. The van der Waals surface area contributed by atoms with Crippen LogP contribution in [-0.4, -0.2) is 91.9 Å². The van der Waals surface area contributed by atoms with Crippen LogP contribution in [0.3, 0.4) is 0 Å². The highest BCUT2D eigenvalue weighted by Gasteiger charge is 2.76. The van der Waals surface area contributed by atoms with E-state index in [1.54, 1.807) is 37.4 Å². The highest BCUT2D eigenvalue weighted by molar-refractivity contribution is 7.88. The molecule has 8 rings (SSSR count). The molecule has 3 atom stereocenters. The number of benzene rings is 2. The van der Waals surface area contributed by atoms with E-state index in [1.807, 2.05) is 11.9 Å². The third kappa shape index (κ3) is 8.38. The molecular weight excluding hydrogens is 856 g/mol. The Kier molecular flexibility index (Phi) is 11.0. The third-order valence-corrected chi connectivity index (χ3v) is 14.1. The minimum absolute atomic E-state index is 0.0834. The smallest absolute Gasteiger partial charge is 0.378 e. The molecule has 5 aromatic rings. The number of hydrogen-bond donors (Lipinski definition) is 1. The molecule has 2 fully saturated rings. The summed E-state index contributed by atoms with van der Waals surface area (Å²) in [5, 5.41) is 19.1. The summed E-state index contributed by atoms with van der Waals surface area (Å²) in [6.07, 6.45) is -6.07. The number of aliphatic hydroxyl groups is 1. The molecule has 0 radical (unpaired) electrons. The van der Waals surface area contributed by atoms with Crippen molar-refractivity contribution in [1.82, 2.24) is 33.8 Å². The molecule has 0 unspecified atom stereocenters. The number of fused-ring (bicyclic) bond motifs is 4. The molecule has 3 aliphatic rings. The first-order valence-corrected chi connectivity index (χ1v) is 21.9. The fraction of sp³-hybridized carbons (Fsp3) is 0.455. The summed E-state index contributed by atoms with van der Waals surface area (Å²) in [6.45, 7) is 4.89. The minimum atomic E-state index is -5.07. The number of halogens is 7. The van der Waals surface area contributed by atoms with Gasteiger partial charge in [-0.25, -0.2) is 22.2 Å². The number of Topliss-reactive ketones (excluding diaryl/α,β-unsaturated/α-hetero) is 1. The number of pyridine rings is 1. The van der Waals surface area contributed by atoms with Crippen molar-refractivity contribution in [2.45, 2.75) is 81.9 Å². The number of alkyl halides is 5. The summed E-state index contributed by atoms with van der Waals surface area (Å²) in [4.78, 5) is 21.0. The fourth-order valence-corrected chi connectivity index (χ4v) is 10.5. The van der Waals surface area contributed by atoms with Gasteiger partial charge in [-0.05, 0) is 69.5 Å². The second-order valence-corrected chi connectivity index (χ2v) is 19.6. The number of piperazine rings is 1. The van der Waals surface area contributed by atoms with Crippen LogP contribution >= 0.6 is 0 Å². The van der Waals surface area contributed by atoms with Crippen LogP contribution < -0.4 is 0 Å². The molecule has 19 heteroatoms. The number of ketones is 1. The Morgan fingerprint density at radius 3 is 2.32 bits per heavy atom. The second kappa shape index (κ2) is 15.5. The van der Waals surface area contributed by atoms with Crippen molar-refractivity contribution in [2.24, 2.45) is 12.5 Å². The predicted octanol–water partition coefficient (Wildman–Crippen LogP) is 6.91. The van der Waals surface area contributed by atoms with E-state index in [0.29, 0.717) is 59.0 Å². The van der Waals surface area contributed by atoms with E-state index in [9.17, 15) is 40.3 Å². The van der Waals surface area contributed by atoms with E-state index >= 15 is 8.78 Å². The van der Waals surface area contributed by atoms with Crippen LogP contribution in [0, 0.1) is 28.9 Å². The van der Waals surface area contributed by atoms with Gasteiger partial charge in [0.1, 0.15) is 40.9 Å². The second-order valence-electron chi connectivity index (χ2n) is 17.6. The number of aryl methyl sites for hydroxylation is 1. The van der Waals surface area contributed by atoms with Crippen LogP contribution in [0.5, 0.6) is 0 Å². The quantitative estimate of drug-likeness (QED) is 0.112. The number of rotatable bonds is 11. The molecular formula is C44H44F7N7O4S. The summed E-state index contributed by atoms with van der Waals surface area (Å²) in [5.41, 5.74) is -4.35. The van der Waals surface area contributed by atoms with Gasteiger partial charge in [-0.2, -0.15) is 36.5 Å². The van der Waals surface area contributed by atoms with Crippen molar-refractivity contribution in [3.05, 3.63) is 99.8 Å². The molecule has 1 saturated carbocycles.